The number of hydrogen-bond donors (Lipinski definition) is 1. The van der Waals surface area contributed by atoms with Gasteiger partial charge in [0, 0.05) is 26.7 Å². The lowest BCUT2D eigenvalue weighted by atomic mass is 9.92. The average molecular weight is 242 g/mol. The Morgan fingerprint density at radius 1 is 1.41 bits per heavy atom. The van der Waals surface area contributed by atoms with Crippen molar-refractivity contribution >= 4 is 5.91 Å². The van der Waals surface area contributed by atoms with Gasteiger partial charge in [-0.15, -0.1) is 0 Å². The molecule has 0 radical (unpaired) electrons. The molecule has 1 saturated carbocycles. The molecule has 0 bridgehead atoms. The van der Waals surface area contributed by atoms with Gasteiger partial charge >= 0.3 is 0 Å². The van der Waals surface area contributed by atoms with Crippen molar-refractivity contribution in [2.75, 3.05) is 20.7 Å². The molecule has 1 rings (SSSR count). The fourth-order valence-electron chi connectivity index (χ4n) is 2.38. The van der Waals surface area contributed by atoms with E-state index in [1.165, 1.54) is 0 Å². The van der Waals surface area contributed by atoms with Gasteiger partial charge in [0.1, 0.15) is 0 Å². The maximum Gasteiger partial charge on any atom is 0.239 e. The van der Waals surface area contributed by atoms with Crippen LogP contribution in [0.1, 0.15) is 39.5 Å². The summed E-state index contributed by atoms with van der Waals surface area (Å²) in [5.74, 6) is 0.182. The van der Waals surface area contributed by atoms with Crippen LogP contribution in [0.3, 0.4) is 0 Å². The fraction of sp³-hybridized carbons (Fsp3) is 0.923. The van der Waals surface area contributed by atoms with E-state index < -0.39 is 0 Å². The summed E-state index contributed by atoms with van der Waals surface area (Å²) in [7, 11) is 3.63. The molecular weight excluding hydrogens is 216 g/mol. The smallest absolute Gasteiger partial charge is 0.239 e. The molecule has 0 aromatic rings. The zero-order valence-electron chi connectivity index (χ0n) is 11.5. The third kappa shape index (κ3) is 4.28. The van der Waals surface area contributed by atoms with Gasteiger partial charge in [0.15, 0.2) is 0 Å². The molecule has 0 aliphatic heterocycles. The molecule has 17 heavy (non-hydrogen) atoms. The topological polar surface area (TPSA) is 41.6 Å². The van der Waals surface area contributed by atoms with E-state index in [-0.39, 0.29) is 11.9 Å². The molecule has 0 saturated heterocycles. The Morgan fingerprint density at radius 3 is 2.47 bits per heavy atom. The van der Waals surface area contributed by atoms with E-state index in [1.807, 2.05) is 20.9 Å². The lowest BCUT2D eigenvalue weighted by Crippen LogP contribution is -2.48. The molecule has 0 aromatic heterocycles. The summed E-state index contributed by atoms with van der Waals surface area (Å²) in [6, 6.07) is 0.384. The predicted molar refractivity (Wildman–Crippen MR) is 69.0 cm³/mol. The van der Waals surface area contributed by atoms with Crippen LogP contribution in [-0.4, -0.2) is 49.7 Å². The van der Waals surface area contributed by atoms with Crippen molar-refractivity contribution in [3.8, 4) is 0 Å². The van der Waals surface area contributed by atoms with Gasteiger partial charge < -0.3 is 15.0 Å². The van der Waals surface area contributed by atoms with Crippen LogP contribution in [-0.2, 0) is 9.53 Å². The summed E-state index contributed by atoms with van der Waals surface area (Å²) >= 11 is 0. The molecule has 4 nitrogen and oxygen atoms in total. The van der Waals surface area contributed by atoms with Gasteiger partial charge in [0.05, 0.1) is 12.1 Å². The number of carbonyl (C=O) groups is 1. The summed E-state index contributed by atoms with van der Waals surface area (Å²) < 4.78 is 5.34. The molecule has 1 unspecified atom stereocenters. The zero-order valence-corrected chi connectivity index (χ0v) is 11.5. The Morgan fingerprint density at radius 2 is 2.00 bits per heavy atom. The van der Waals surface area contributed by atoms with Crippen molar-refractivity contribution < 1.29 is 9.53 Å². The summed E-state index contributed by atoms with van der Waals surface area (Å²) in [6.07, 6.45) is 4.81. The molecule has 1 atom stereocenters. The van der Waals surface area contributed by atoms with Crippen LogP contribution in [0.5, 0.6) is 0 Å². The minimum Gasteiger partial charge on any atom is -0.381 e. The lowest BCUT2D eigenvalue weighted by molar-refractivity contribution is -0.131. The first-order chi connectivity index (χ1) is 8.08. The van der Waals surface area contributed by atoms with Crippen LogP contribution in [0.4, 0.5) is 0 Å². The van der Waals surface area contributed by atoms with Gasteiger partial charge in [-0.3, -0.25) is 4.79 Å². The first kappa shape index (κ1) is 14.5. The Labute approximate surface area is 105 Å². The van der Waals surface area contributed by atoms with Crippen LogP contribution < -0.4 is 5.32 Å². The van der Waals surface area contributed by atoms with E-state index in [9.17, 15) is 4.79 Å². The van der Waals surface area contributed by atoms with Gasteiger partial charge in [0.25, 0.3) is 0 Å². The number of carbonyl (C=O) groups excluding carboxylic acids is 1. The third-order valence-electron chi connectivity index (χ3n) is 3.71. The van der Waals surface area contributed by atoms with E-state index in [4.69, 9.17) is 4.74 Å². The fourth-order valence-corrected chi connectivity index (χ4v) is 2.38. The summed E-state index contributed by atoms with van der Waals surface area (Å²) in [5, 5.41) is 3.43. The second kappa shape index (κ2) is 6.97. The normalized spacial score (nSPS) is 26.6. The number of methoxy groups -OCH3 is 1. The largest absolute Gasteiger partial charge is 0.381 e. The minimum atomic E-state index is -0.0796. The highest BCUT2D eigenvalue weighted by Gasteiger charge is 2.24. The van der Waals surface area contributed by atoms with E-state index in [1.54, 1.807) is 12.0 Å². The molecule has 1 N–H and O–H groups in total. The lowest BCUT2D eigenvalue weighted by Gasteiger charge is -2.31. The monoisotopic (exact) mass is 242 g/mol. The highest BCUT2D eigenvalue weighted by Crippen LogP contribution is 2.21. The number of rotatable bonds is 5. The van der Waals surface area contributed by atoms with Crippen LogP contribution in [0, 0.1) is 0 Å². The SMILES string of the molecule is CCN(C)C(=O)C(C)NC1CCC(OC)CC1. The van der Waals surface area contributed by atoms with Gasteiger partial charge in [-0.1, -0.05) is 0 Å². The Balaban J connectivity index is 2.32. The van der Waals surface area contributed by atoms with Crippen molar-refractivity contribution in [3.05, 3.63) is 0 Å². The van der Waals surface area contributed by atoms with E-state index in [2.05, 4.69) is 5.32 Å². The van der Waals surface area contributed by atoms with Crippen LogP contribution >= 0.6 is 0 Å². The zero-order chi connectivity index (χ0) is 12.8. The van der Waals surface area contributed by atoms with Crippen molar-refractivity contribution in [2.24, 2.45) is 0 Å². The molecule has 0 heterocycles. The van der Waals surface area contributed by atoms with Crippen molar-refractivity contribution in [1.29, 1.82) is 0 Å². The Bertz CT molecular complexity index is 238. The third-order valence-corrected chi connectivity index (χ3v) is 3.71. The Kier molecular flexibility index (Phi) is 5.92. The summed E-state index contributed by atoms with van der Waals surface area (Å²) in [6.45, 7) is 4.71. The standard InChI is InChI=1S/C13H26N2O2/c1-5-15(3)13(16)10(2)14-11-6-8-12(17-4)9-7-11/h10-12,14H,5-9H2,1-4H3. The molecule has 1 aliphatic carbocycles. The number of likely N-dealkylation sites (N-methyl/N-ethyl adjacent to an activating group) is 1. The molecule has 1 fully saturated rings. The summed E-state index contributed by atoms with van der Waals surface area (Å²) in [4.78, 5) is 13.7. The number of nitrogens with one attached hydrogen (secondary N) is 1. The molecule has 1 amide bonds. The van der Waals surface area contributed by atoms with Crippen LogP contribution in [0.2, 0.25) is 0 Å². The van der Waals surface area contributed by atoms with E-state index >= 15 is 0 Å². The van der Waals surface area contributed by atoms with Gasteiger partial charge in [-0.05, 0) is 39.5 Å². The van der Waals surface area contributed by atoms with E-state index in [0.717, 1.165) is 32.2 Å². The maximum absolute atomic E-state index is 11.9. The molecule has 0 aromatic carbocycles. The molecule has 4 heteroatoms. The van der Waals surface area contributed by atoms with Gasteiger partial charge in [-0.2, -0.15) is 0 Å². The van der Waals surface area contributed by atoms with Gasteiger partial charge in [0.2, 0.25) is 5.91 Å². The first-order valence-electron chi connectivity index (χ1n) is 6.62. The van der Waals surface area contributed by atoms with E-state index in [0.29, 0.717) is 12.1 Å². The van der Waals surface area contributed by atoms with Crippen molar-refractivity contribution in [1.82, 2.24) is 10.2 Å². The number of amides is 1. The van der Waals surface area contributed by atoms with Crippen molar-refractivity contribution in [2.45, 2.75) is 57.7 Å². The predicted octanol–water partition coefficient (Wildman–Crippen LogP) is 1.40. The number of ether oxygens (including phenoxy) is 1. The molecular formula is C13H26N2O2. The van der Waals surface area contributed by atoms with Gasteiger partial charge in [-0.25, -0.2) is 0 Å². The molecule has 100 valence electrons. The maximum atomic E-state index is 11.9. The Hall–Kier alpha value is -0.610. The molecule has 1 aliphatic rings. The highest BCUT2D eigenvalue weighted by atomic mass is 16.5. The van der Waals surface area contributed by atoms with Crippen molar-refractivity contribution in [3.63, 3.8) is 0 Å². The van der Waals surface area contributed by atoms with Crippen LogP contribution in [0.25, 0.3) is 0 Å². The molecule has 0 spiro atoms. The quantitative estimate of drug-likeness (QED) is 0.792. The highest BCUT2D eigenvalue weighted by molar-refractivity contribution is 5.81. The number of nitrogens with zero attached hydrogens (tertiary/aromatic N) is 1. The second-order valence-corrected chi connectivity index (χ2v) is 4.95. The van der Waals surface area contributed by atoms with Crippen LogP contribution in [0.15, 0.2) is 0 Å². The average Bonchev–Trinajstić information content (AvgIpc) is 2.37. The number of hydrogen-bond acceptors (Lipinski definition) is 3. The minimum absolute atomic E-state index is 0.0796. The summed E-state index contributed by atoms with van der Waals surface area (Å²) in [5.41, 5.74) is 0. The first-order valence-corrected chi connectivity index (χ1v) is 6.62. The second-order valence-electron chi connectivity index (χ2n) is 4.95.